The summed E-state index contributed by atoms with van der Waals surface area (Å²) in [5, 5.41) is 0. The molecule has 2 heterocycles. The number of fused-ring (bicyclic) bond motifs is 2. The zero-order valence-corrected chi connectivity index (χ0v) is 14.0. The van der Waals surface area contributed by atoms with E-state index in [1.165, 1.54) is 18.2 Å². The molecule has 2 unspecified atom stereocenters. The topological polar surface area (TPSA) is 38.8 Å². The van der Waals surface area contributed by atoms with E-state index in [-0.39, 0.29) is 24.3 Å². The van der Waals surface area contributed by atoms with Gasteiger partial charge in [-0.2, -0.15) is 0 Å². The second kappa shape index (κ2) is 6.16. The van der Waals surface area contributed by atoms with Gasteiger partial charge in [-0.1, -0.05) is 12.1 Å². The Kier molecular flexibility index (Phi) is 4.34. The van der Waals surface area contributed by atoms with Crippen molar-refractivity contribution in [3.8, 4) is 0 Å². The van der Waals surface area contributed by atoms with Crippen LogP contribution < -0.4 is 0 Å². The van der Waals surface area contributed by atoms with Gasteiger partial charge in [-0.15, -0.1) is 0 Å². The van der Waals surface area contributed by atoms with Crippen LogP contribution in [0.3, 0.4) is 0 Å². The van der Waals surface area contributed by atoms with E-state index in [1.54, 1.807) is 31.7 Å². The van der Waals surface area contributed by atoms with Gasteiger partial charge in [-0.25, -0.2) is 13.6 Å². The zero-order valence-electron chi connectivity index (χ0n) is 14.0. The van der Waals surface area contributed by atoms with Gasteiger partial charge in [0, 0.05) is 5.56 Å². The quantitative estimate of drug-likeness (QED) is 0.783. The van der Waals surface area contributed by atoms with Crippen LogP contribution in [-0.2, 0) is 9.47 Å². The van der Waals surface area contributed by atoms with Crippen molar-refractivity contribution in [2.75, 3.05) is 13.2 Å². The van der Waals surface area contributed by atoms with E-state index >= 15 is 0 Å². The first-order valence-electron chi connectivity index (χ1n) is 8.00. The molecule has 3 rings (SSSR count). The van der Waals surface area contributed by atoms with Crippen LogP contribution in [0.2, 0.25) is 0 Å². The number of hydrogen-bond donors (Lipinski definition) is 0. The van der Waals surface area contributed by atoms with Gasteiger partial charge in [-0.05, 0) is 44.9 Å². The van der Waals surface area contributed by atoms with E-state index in [1.807, 2.05) is 0 Å². The molecule has 130 valence electrons. The summed E-state index contributed by atoms with van der Waals surface area (Å²) in [4.78, 5) is 14.1. The number of morpholine rings is 1. The molecule has 1 aromatic rings. The van der Waals surface area contributed by atoms with Crippen LogP contribution in [0.25, 0.3) is 5.57 Å². The Hall–Kier alpha value is -1.95. The number of ether oxygens (including phenoxy) is 2. The molecule has 2 atom stereocenters. The molecule has 4 nitrogen and oxygen atoms in total. The van der Waals surface area contributed by atoms with Gasteiger partial charge < -0.3 is 9.47 Å². The normalized spacial score (nSPS) is 23.7. The molecule has 24 heavy (non-hydrogen) atoms. The first kappa shape index (κ1) is 16.9. The van der Waals surface area contributed by atoms with Crippen LogP contribution in [0, 0.1) is 11.6 Å². The molecule has 1 aromatic carbocycles. The number of carbonyl (C=O) groups excluding carboxylic acids is 1. The highest BCUT2D eigenvalue weighted by molar-refractivity contribution is 5.75. The molecular formula is C18H21F2NO3. The van der Waals surface area contributed by atoms with Crippen molar-refractivity contribution in [2.24, 2.45) is 0 Å². The average Bonchev–Trinajstić information content (AvgIpc) is 2.44. The Morgan fingerprint density at radius 2 is 1.92 bits per heavy atom. The van der Waals surface area contributed by atoms with E-state index in [2.05, 4.69) is 0 Å². The first-order chi connectivity index (χ1) is 11.3. The molecule has 1 amide bonds. The maximum atomic E-state index is 14.1. The number of halogens is 2. The standard InChI is InChI=1S/C18H21F2NO3/c1-18(2,3)24-17(22)21-12-7-11(8-13(21)10-23-9-12)16-14(19)5-4-6-15(16)20/h4-7,12-13H,8-10H2,1-3H3. The average molecular weight is 337 g/mol. The summed E-state index contributed by atoms with van der Waals surface area (Å²) >= 11 is 0. The van der Waals surface area contributed by atoms with E-state index < -0.39 is 23.3 Å². The van der Waals surface area contributed by atoms with Gasteiger partial charge in [-0.3, -0.25) is 4.90 Å². The summed E-state index contributed by atoms with van der Waals surface area (Å²) in [7, 11) is 0. The number of rotatable bonds is 1. The Balaban J connectivity index is 1.92. The Bertz CT molecular complexity index is 661. The van der Waals surface area contributed by atoms with Gasteiger partial charge >= 0.3 is 6.09 Å². The van der Waals surface area contributed by atoms with Gasteiger partial charge in [0.05, 0.1) is 25.3 Å². The maximum Gasteiger partial charge on any atom is 0.411 e. The molecule has 0 spiro atoms. The van der Waals surface area contributed by atoms with Crippen molar-refractivity contribution in [3.63, 3.8) is 0 Å². The van der Waals surface area contributed by atoms with Gasteiger partial charge in [0.1, 0.15) is 17.2 Å². The monoisotopic (exact) mass is 337 g/mol. The fourth-order valence-electron chi connectivity index (χ4n) is 3.19. The molecular weight excluding hydrogens is 316 g/mol. The lowest BCUT2D eigenvalue weighted by Crippen LogP contribution is -2.57. The van der Waals surface area contributed by atoms with Crippen molar-refractivity contribution in [3.05, 3.63) is 41.5 Å². The third-order valence-corrected chi connectivity index (χ3v) is 4.09. The van der Waals surface area contributed by atoms with Crippen molar-refractivity contribution in [2.45, 2.75) is 44.9 Å². The van der Waals surface area contributed by atoms with Crippen LogP contribution in [0.1, 0.15) is 32.8 Å². The molecule has 0 aliphatic carbocycles. The molecule has 1 saturated heterocycles. The number of benzene rings is 1. The molecule has 6 heteroatoms. The van der Waals surface area contributed by atoms with E-state index in [0.29, 0.717) is 18.6 Å². The predicted molar refractivity (Wildman–Crippen MR) is 85.4 cm³/mol. The molecule has 2 aliphatic heterocycles. The van der Waals surface area contributed by atoms with Crippen molar-refractivity contribution in [1.29, 1.82) is 0 Å². The molecule has 2 bridgehead atoms. The molecule has 0 N–H and O–H groups in total. The molecule has 1 fully saturated rings. The van der Waals surface area contributed by atoms with Gasteiger partial charge in [0.2, 0.25) is 0 Å². The van der Waals surface area contributed by atoms with Gasteiger partial charge in [0.15, 0.2) is 0 Å². The molecule has 2 aliphatic rings. The number of nitrogens with zero attached hydrogens (tertiary/aromatic N) is 1. The van der Waals surface area contributed by atoms with E-state index in [9.17, 15) is 13.6 Å². The largest absolute Gasteiger partial charge is 0.444 e. The highest BCUT2D eigenvalue weighted by Crippen LogP contribution is 2.35. The SMILES string of the molecule is CC(C)(C)OC(=O)N1C2C=C(c3c(F)cccc3F)CC1COC2. The Labute approximate surface area is 140 Å². The van der Waals surface area contributed by atoms with Crippen molar-refractivity contribution < 1.29 is 23.0 Å². The lowest BCUT2D eigenvalue weighted by atomic mass is 9.89. The predicted octanol–water partition coefficient (Wildman–Crippen LogP) is 3.76. The second-order valence-electron chi connectivity index (χ2n) is 7.14. The van der Waals surface area contributed by atoms with E-state index in [0.717, 1.165) is 0 Å². The minimum atomic E-state index is -0.603. The number of hydrogen-bond acceptors (Lipinski definition) is 3. The molecule has 0 saturated carbocycles. The summed E-state index contributed by atoms with van der Waals surface area (Å²) in [6.45, 7) is 6.02. The molecule has 0 aromatic heterocycles. The van der Waals surface area contributed by atoms with Gasteiger partial charge in [0.25, 0.3) is 0 Å². The summed E-state index contributed by atoms with van der Waals surface area (Å²) < 4.78 is 39.1. The lowest BCUT2D eigenvalue weighted by Gasteiger charge is -2.44. The van der Waals surface area contributed by atoms with Crippen molar-refractivity contribution in [1.82, 2.24) is 4.90 Å². The van der Waals surface area contributed by atoms with Crippen molar-refractivity contribution >= 4 is 11.7 Å². The lowest BCUT2D eigenvalue weighted by molar-refractivity contribution is -0.0511. The minimum absolute atomic E-state index is 0.0155. The van der Waals surface area contributed by atoms with E-state index in [4.69, 9.17) is 9.47 Å². The fraction of sp³-hybridized carbons (Fsp3) is 0.500. The molecule has 0 radical (unpaired) electrons. The zero-order chi connectivity index (χ0) is 17.5. The highest BCUT2D eigenvalue weighted by atomic mass is 19.1. The Morgan fingerprint density at radius 1 is 1.25 bits per heavy atom. The fourth-order valence-corrected chi connectivity index (χ4v) is 3.19. The number of carbonyl (C=O) groups is 1. The third kappa shape index (κ3) is 3.29. The minimum Gasteiger partial charge on any atom is -0.444 e. The van der Waals surface area contributed by atoms with Crippen LogP contribution in [0.5, 0.6) is 0 Å². The van der Waals surface area contributed by atoms with Crippen LogP contribution in [-0.4, -0.2) is 41.9 Å². The highest BCUT2D eigenvalue weighted by Gasteiger charge is 2.40. The summed E-state index contributed by atoms with van der Waals surface area (Å²) in [6, 6.07) is 3.14. The summed E-state index contributed by atoms with van der Waals surface area (Å²) in [5.41, 5.74) is -0.0459. The second-order valence-corrected chi connectivity index (χ2v) is 7.14. The first-order valence-corrected chi connectivity index (χ1v) is 8.00. The maximum absolute atomic E-state index is 14.1. The third-order valence-electron chi connectivity index (χ3n) is 4.09. The Morgan fingerprint density at radius 3 is 2.50 bits per heavy atom. The summed E-state index contributed by atoms with van der Waals surface area (Å²) in [5.74, 6) is -1.18. The summed E-state index contributed by atoms with van der Waals surface area (Å²) in [6.07, 6.45) is 1.61. The van der Waals surface area contributed by atoms with Crippen LogP contribution in [0.15, 0.2) is 24.3 Å². The van der Waals surface area contributed by atoms with Crippen LogP contribution in [0.4, 0.5) is 13.6 Å². The van der Waals surface area contributed by atoms with Crippen LogP contribution >= 0.6 is 0 Å². The smallest absolute Gasteiger partial charge is 0.411 e. The number of amides is 1.